The monoisotopic (exact) mass is 400 g/mol. The van der Waals surface area contributed by atoms with Gasteiger partial charge in [0.15, 0.2) is 0 Å². The van der Waals surface area contributed by atoms with Crippen LogP contribution in [0.2, 0.25) is 0 Å². The minimum atomic E-state index is -0.360. The Kier molecular flexibility index (Phi) is 3.82. The molecule has 1 aliphatic carbocycles. The van der Waals surface area contributed by atoms with Crippen LogP contribution in [0.5, 0.6) is 0 Å². The van der Waals surface area contributed by atoms with Crippen molar-refractivity contribution in [2.45, 2.75) is 77.4 Å². The number of amides is 1. The van der Waals surface area contributed by atoms with Gasteiger partial charge in [0.2, 0.25) is 5.91 Å². The highest BCUT2D eigenvalue weighted by Gasteiger charge is 2.63. The minimum absolute atomic E-state index is 0.0869. The molecule has 1 unspecified atom stereocenters. The third kappa shape index (κ3) is 2.45. The van der Waals surface area contributed by atoms with E-state index in [0.717, 1.165) is 0 Å². The number of nitrogens with zero attached hydrogens (tertiary/aromatic N) is 2. The summed E-state index contributed by atoms with van der Waals surface area (Å²) in [5, 5.41) is 4.42. The van der Waals surface area contributed by atoms with Gasteiger partial charge in [-0.1, -0.05) is 69.3 Å². The number of hydrogen-bond acceptors (Lipinski definition) is 2. The molecule has 0 aromatic heterocycles. The summed E-state index contributed by atoms with van der Waals surface area (Å²) in [5.41, 5.74) is 7.44. The zero-order valence-corrected chi connectivity index (χ0v) is 19.2. The molecule has 0 N–H and O–H groups in total. The van der Waals surface area contributed by atoms with Crippen LogP contribution in [0, 0.1) is 0 Å². The predicted molar refractivity (Wildman–Crippen MR) is 122 cm³/mol. The van der Waals surface area contributed by atoms with Crippen molar-refractivity contribution in [3.05, 3.63) is 76.4 Å². The maximum absolute atomic E-state index is 13.1. The largest absolute Gasteiger partial charge is 0.273 e. The molecule has 0 bridgehead atoms. The molecule has 2 heterocycles. The Labute approximate surface area is 180 Å². The van der Waals surface area contributed by atoms with Crippen molar-refractivity contribution in [1.29, 1.82) is 0 Å². The highest BCUT2D eigenvalue weighted by atomic mass is 16.2. The van der Waals surface area contributed by atoms with Gasteiger partial charge < -0.3 is 0 Å². The van der Waals surface area contributed by atoms with Gasteiger partial charge in [0.05, 0.1) is 11.6 Å². The third-order valence-corrected chi connectivity index (χ3v) is 7.18. The van der Waals surface area contributed by atoms with E-state index in [1.807, 2.05) is 0 Å². The highest BCUT2D eigenvalue weighted by molar-refractivity contribution is 5.93. The van der Waals surface area contributed by atoms with Gasteiger partial charge in [0, 0.05) is 12.0 Å². The van der Waals surface area contributed by atoms with Crippen LogP contribution in [0.4, 0.5) is 0 Å². The Balaban J connectivity index is 1.84. The van der Waals surface area contributed by atoms with E-state index in [4.69, 9.17) is 0 Å². The molecule has 2 aromatic carbocycles. The smallest absolute Gasteiger partial charge is 0.239 e. The maximum atomic E-state index is 13.1. The molecule has 5 rings (SSSR count). The van der Waals surface area contributed by atoms with Crippen molar-refractivity contribution in [3.63, 3.8) is 0 Å². The molecule has 156 valence electrons. The SMILES string of the molecule is CC(C)(C)c1ccc2c(c1)C(c1ccccc1)=C1C2N2N(C(=O)CC2(C)C)C1(C)C. The molecule has 3 aliphatic rings. The van der Waals surface area contributed by atoms with Gasteiger partial charge in [0.25, 0.3) is 0 Å². The lowest BCUT2D eigenvalue weighted by Crippen LogP contribution is -2.49. The molecule has 2 aromatic rings. The summed E-state index contributed by atoms with van der Waals surface area (Å²) in [6.45, 7) is 15.7. The van der Waals surface area contributed by atoms with E-state index < -0.39 is 0 Å². The summed E-state index contributed by atoms with van der Waals surface area (Å²) in [7, 11) is 0. The summed E-state index contributed by atoms with van der Waals surface area (Å²) < 4.78 is 0. The van der Waals surface area contributed by atoms with Crippen molar-refractivity contribution >= 4 is 11.5 Å². The van der Waals surface area contributed by atoms with Crippen molar-refractivity contribution < 1.29 is 4.79 Å². The summed E-state index contributed by atoms with van der Waals surface area (Å²) in [6.07, 6.45) is 0.566. The van der Waals surface area contributed by atoms with Gasteiger partial charge >= 0.3 is 0 Å². The van der Waals surface area contributed by atoms with E-state index in [2.05, 4.69) is 107 Å². The van der Waals surface area contributed by atoms with Crippen molar-refractivity contribution in [1.82, 2.24) is 10.0 Å². The number of carbonyl (C=O) groups excluding carboxylic acids is 1. The van der Waals surface area contributed by atoms with E-state index in [9.17, 15) is 4.79 Å². The molecule has 1 atom stereocenters. The molecule has 2 aliphatic heterocycles. The van der Waals surface area contributed by atoms with Gasteiger partial charge in [-0.15, -0.1) is 0 Å². The second kappa shape index (κ2) is 5.85. The lowest BCUT2D eigenvalue weighted by atomic mass is 9.84. The summed E-state index contributed by atoms with van der Waals surface area (Å²) >= 11 is 0. The van der Waals surface area contributed by atoms with Crippen LogP contribution >= 0.6 is 0 Å². The number of fused-ring (bicyclic) bond motifs is 5. The maximum Gasteiger partial charge on any atom is 0.239 e. The van der Waals surface area contributed by atoms with Crippen molar-refractivity contribution in [3.8, 4) is 0 Å². The van der Waals surface area contributed by atoms with Gasteiger partial charge in [-0.2, -0.15) is 0 Å². The van der Waals surface area contributed by atoms with Crippen LogP contribution in [0.25, 0.3) is 5.57 Å². The molecule has 0 saturated carbocycles. The standard InChI is InChI=1S/C27H32N2O/c1-25(2,3)18-13-14-19-20(15-18)22(17-11-9-8-10-12-17)23-24(19)29-26(4,5)16-21(30)28(29)27(23,6)7/h8-15,24H,16H2,1-7H3. The first-order valence-corrected chi connectivity index (χ1v) is 11.0. The first-order chi connectivity index (χ1) is 13.9. The Bertz CT molecular complexity index is 1090. The molecule has 0 spiro atoms. The molecule has 3 heteroatoms. The quantitative estimate of drug-likeness (QED) is 0.598. The summed E-state index contributed by atoms with van der Waals surface area (Å²) in [4.78, 5) is 13.1. The molecule has 0 radical (unpaired) electrons. The molecule has 2 saturated heterocycles. The topological polar surface area (TPSA) is 23.6 Å². The van der Waals surface area contributed by atoms with Crippen LogP contribution in [0.1, 0.15) is 83.2 Å². The Morgan fingerprint density at radius 1 is 0.967 bits per heavy atom. The number of carbonyl (C=O) groups is 1. The van der Waals surface area contributed by atoms with E-state index in [1.165, 1.54) is 33.4 Å². The Morgan fingerprint density at radius 3 is 2.27 bits per heavy atom. The van der Waals surface area contributed by atoms with Crippen LogP contribution in [-0.2, 0) is 10.2 Å². The zero-order valence-electron chi connectivity index (χ0n) is 19.2. The van der Waals surface area contributed by atoms with Gasteiger partial charge in [0.1, 0.15) is 0 Å². The van der Waals surface area contributed by atoms with Gasteiger partial charge in [-0.3, -0.25) is 9.80 Å². The van der Waals surface area contributed by atoms with Crippen LogP contribution in [-0.4, -0.2) is 27.0 Å². The summed E-state index contributed by atoms with van der Waals surface area (Å²) in [6, 6.07) is 17.8. The molecular weight excluding hydrogens is 368 g/mol. The molecular formula is C27H32N2O. The number of hydrazine groups is 1. The molecule has 2 fully saturated rings. The second-order valence-corrected chi connectivity index (χ2v) is 11.2. The number of rotatable bonds is 1. The Morgan fingerprint density at radius 2 is 1.63 bits per heavy atom. The van der Waals surface area contributed by atoms with E-state index in [-0.39, 0.29) is 28.4 Å². The molecule has 1 amide bonds. The highest BCUT2D eigenvalue weighted by Crippen LogP contribution is 2.61. The first-order valence-electron chi connectivity index (χ1n) is 11.0. The molecule has 30 heavy (non-hydrogen) atoms. The lowest BCUT2D eigenvalue weighted by Gasteiger charge is -2.38. The Hall–Kier alpha value is -2.39. The van der Waals surface area contributed by atoms with Crippen LogP contribution in [0.3, 0.4) is 0 Å². The van der Waals surface area contributed by atoms with Crippen molar-refractivity contribution in [2.75, 3.05) is 0 Å². The fourth-order valence-electron chi connectivity index (χ4n) is 5.80. The second-order valence-electron chi connectivity index (χ2n) is 11.2. The molecule has 3 nitrogen and oxygen atoms in total. The zero-order chi connectivity index (χ0) is 21.6. The fraction of sp³-hybridized carbons (Fsp3) is 0.444. The predicted octanol–water partition coefficient (Wildman–Crippen LogP) is 5.86. The van der Waals surface area contributed by atoms with Crippen molar-refractivity contribution in [2.24, 2.45) is 0 Å². The third-order valence-electron chi connectivity index (χ3n) is 7.18. The normalized spacial score (nSPS) is 24.3. The lowest BCUT2D eigenvalue weighted by molar-refractivity contribution is -0.145. The number of benzene rings is 2. The minimum Gasteiger partial charge on any atom is -0.273 e. The number of hydrogen-bond donors (Lipinski definition) is 0. The van der Waals surface area contributed by atoms with E-state index in [1.54, 1.807) is 0 Å². The average Bonchev–Trinajstić information content (AvgIpc) is 3.20. The van der Waals surface area contributed by atoms with E-state index >= 15 is 0 Å². The van der Waals surface area contributed by atoms with Crippen LogP contribution < -0.4 is 0 Å². The summed E-state index contributed by atoms with van der Waals surface area (Å²) in [5.74, 6) is 0.229. The van der Waals surface area contributed by atoms with E-state index in [0.29, 0.717) is 6.42 Å². The van der Waals surface area contributed by atoms with Crippen LogP contribution in [0.15, 0.2) is 54.1 Å². The van der Waals surface area contributed by atoms with Gasteiger partial charge in [-0.05, 0) is 66.5 Å². The van der Waals surface area contributed by atoms with Gasteiger partial charge in [-0.25, -0.2) is 5.01 Å². The fourth-order valence-corrected chi connectivity index (χ4v) is 5.80. The average molecular weight is 401 g/mol. The first kappa shape index (κ1) is 19.6.